The molecule has 0 unspecified atom stereocenters. The number of nitrogens with zero attached hydrogens (tertiary/aromatic N) is 2. The molecule has 1 amide bonds. The molecule has 0 atom stereocenters. The smallest absolute Gasteiger partial charge is 0.243 e. The number of anilines is 2. The van der Waals surface area contributed by atoms with Crippen molar-refractivity contribution in [3.05, 3.63) is 90.0 Å². The van der Waals surface area contributed by atoms with Crippen LogP contribution in [0, 0.1) is 6.92 Å². The third-order valence-corrected chi connectivity index (χ3v) is 6.66. The van der Waals surface area contributed by atoms with Crippen LogP contribution in [0.2, 0.25) is 0 Å². The predicted molar refractivity (Wildman–Crippen MR) is 125 cm³/mol. The van der Waals surface area contributed by atoms with E-state index in [-0.39, 0.29) is 17.3 Å². The minimum Gasteiger partial charge on any atom is -0.358 e. The molecule has 0 saturated carbocycles. The Hall–Kier alpha value is -3.16. The van der Waals surface area contributed by atoms with Gasteiger partial charge in [0.1, 0.15) is 0 Å². The Morgan fingerprint density at radius 2 is 1.58 bits per heavy atom. The van der Waals surface area contributed by atoms with Gasteiger partial charge in [0.2, 0.25) is 15.9 Å². The number of hydrogen-bond donors (Lipinski definition) is 1. The third kappa shape index (κ3) is 5.93. The van der Waals surface area contributed by atoms with Gasteiger partial charge in [0.05, 0.1) is 11.4 Å². The molecule has 0 bridgehead atoms. The zero-order valence-electron chi connectivity index (χ0n) is 17.9. The molecule has 0 heterocycles. The van der Waals surface area contributed by atoms with Crippen LogP contribution in [-0.2, 0) is 21.4 Å². The molecule has 31 heavy (non-hydrogen) atoms. The number of sulfonamides is 1. The van der Waals surface area contributed by atoms with E-state index in [0.717, 1.165) is 21.1 Å². The summed E-state index contributed by atoms with van der Waals surface area (Å²) in [6, 6.07) is 24.3. The van der Waals surface area contributed by atoms with Gasteiger partial charge in [-0.25, -0.2) is 12.7 Å². The lowest BCUT2D eigenvalue weighted by Gasteiger charge is -2.25. The largest absolute Gasteiger partial charge is 0.358 e. The Kier molecular flexibility index (Phi) is 7.09. The molecular weight excluding hydrogens is 410 g/mol. The minimum atomic E-state index is -3.57. The summed E-state index contributed by atoms with van der Waals surface area (Å²) in [5.41, 5.74) is 3.62. The summed E-state index contributed by atoms with van der Waals surface area (Å²) in [5, 5.41) is 2.83. The fourth-order valence-corrected chi connectivity index (χ4v) is 4.06. The summed E-state index contributed by atoms with van der Waals surface area (Å²) in [4.78, 5) is 15.0. The molecule has 0 spiro atoms. The molecule has 0 radical (unpaired) electrons. The van der Waals surface area contributed by atoms with E-state index in [0.29, 0.717) is 12.2 Å². The average molecular weight is 438 g/mol. The second-order valence-electron chi connectivity index (χ2n) is 7.54. The Bertz CT molecular complexity index is 1130. The molecular formula is C24H27N3O3S. The molecule has 7 heteroatoms. The molecule has 0 aliphatic carbocycles. The first-order valence-corrected chi connectivity index (χ1v) is 11.4. The van der Waals surface area contributed by atoms with Crippen LogP contribution in [0.1, 0.15) is 11.1 Å². The highest BCUT2D eigenvalue weighted by atomic mass is 32.2. The number of carbonyl (C=O) groups excluding carboxylic acids is 1. The van der Waals surface area contributed by atoms with Crippen LogP contribution >= 0.6 is 0 Å². The van der Waals surface area contributed by atoms with Crippen LogP contribution in [0.15, 0.2) is 83.8 Å². The maximum Gasteiger partial charge on any atom is 0.243 e. The normalized spacial score (nSPS) is 11.4. The summed E-state index contributed by atoms with van der Waals surface area (Å²) >= 11 is 0. The van der Waals surface area contributed by atoms with E-state index < -0.39 is 10.0 Å². The molecule has 3 aromatic carbocycles. The second-order valence-corrected chi connectivity index (χ2v) is 9.69. The van der Waals surface area contributed by atoms with Gasteiger partial charge in [0, 0.05) is 32.0 Å². The number of carbonyl (C=O) groups is 1. The summed E-state index contributed by atoms with van der Waals surface area (Å²) in [6.07, 6.45) is 0. The standard InChI is InChI=1S/C24H27N3O3S/c1-19-12-14-22(15-13-19)27(17-20-8-5-4-6-9-20)18-24(28)25-21-10-7-11-23(16-21)31(29,30)26(2)3/h4-16H,17-18H2,1-3H3,(H,25,28). The monoisotopic (exact) mass is 437 g/mol. The van der Waals surface area contributed by atoms with Crippen molar-refractivity contribution in [2.75, 3.05) is 30.9 Å². The molecule has 6 nitrogen and oxygen atoms in total. The second kappa shape index (κ2) is 9.76. The topological polar surface area (TPSA) is 69.7 Å². The van der Waals surface area contributed by atoms with Crippen LogP contribution < -0.4 is 10.2 Å². The summed E-state index contributed by atoms with van der Waals surface area (Å²) < 4.78 is 25.9. The fraction of sp³-hybridized carbons (Fsp3) is 0.208. The third-order valence-electron chi connectivity index (χ3n) is 4.85. The molecule has 0 aromatic heterocycles. The molecule has 0 saturated heterocycles. The van der Waals surface area contributed by atoms with Crippen LogP contribution in [0.25, 0.3) is 0 Å². The van der Waals surface area contributed by atoms with Gasteiger partial charge in [-0.15, -0.1) is 0 Å². The average Bonchev–Trinajstić information content (AvgIpc) is 2.74. The zero-order valence-corrected chi connectivity index (χ0v) is 18.8. The maximum atomic E-state index is 12.8. The summed E-state index contributed by atoms with van der Waals surface area (Å²) in [7, 11) is -0.623. The van der Waals surface area contributed by atoms with Gasteiger partial charge in [0.25, 0.3) is 0 Å². The number of benzene rings is 3. The van der Waals surface area contributed by atoms with E-state index in [1.54, 1.807) is 12.1 Å². The number of amides is 1. The molecule has 162 valence electrons. The van der Waals surface area contributed by atoms with Crippen molar-refractivity contribution in [3.63, 3.8) is 0 Å². The van der Waals surface area contributed by atoms with Gasteiger partial charge in [-0.05, 0) is 42.8 Å². The van der Waals surface area contributed by atoms with Crippen LogP contribution in [0.4, 0.5) is 11.4 Å². The Labute approximate surface area is 184 Å². The van der Waals surface area contributed by atoms with E-state index in [1.807, 2.05) is 66.4 Å². The highest BCUT2D eigenvalue weighted by molar-refractivity contribution is 7.89. The van der Waals surface area contributed by atoms with Crippen molar-refractivity contribution in [2.45, 2.75) is 18.4 Å². The van der Waals surface area contributed by atoms with Crippen molar-refractivity contribution in [2.24, 2.45) is 0 Å². The fourth-order valence-electron chi connectivity index (χ4n) is 3.12. The van der Waals surface area contributed by atoms with Gasteiger partial charge in [0.15, 0.2) is 0 Å². The van der Waals surface area contributed by atoms with Crippen molar-refractivity contribution in [3.8, 4) is 0 Å². The van der Waals surface area contributed by atoms with Gasteiger partial charge < -0.3 is 10.2 Å². The minimum absolute atomic E-state index is 0.128. The number of aryl methyl sites for hydroxylation is 1. The van der Waals surface area contributed by atoms with Crippen LogP contribution in [-0.4, -0.2) is 39.3 Å². The van der Waals surface area contributed by atoms with Crippen molar-refractivity contribution < 1.29 is 13.2 Å². The Balaban J connectivity index is 1.78. The molecule has 3 rings (SSSR count). The Morgan fingerprint density at radius 1 is 0.903 bits per heavy atom. The first kappa shape index (κ1) is 22.5. The molecule has 0 aliphatic rings. The van der Waals surface area contributed by atoms with E-state index in [2.05, 4.69) is 5.32 Å². The molecule has 3 aromatic rings. The highest BCUT2D eigenvalue weighted by Crippen LogP contribution is 2.20. The first-order valence-electron chi connectivity index (χ1n) is 9.94. The number of nitrogens with one attached hydrogen (secondary N) is 1. The van der Waals surface area contributed by atoms with Crippen molar-refractivity contribution in [1.82, 2.24) is 4.31 Å². The first-order chi connectivity index (χ1) is 14.8. The van der Waals surface area contributed by atoms with Crippen molar-refractivity contribution in [1.29, 1.82) is 0 Å². The quantitative estimate of drug-likeness (QED) is 0.580. The predicted octanol–water partition coefficient (Wildman–Crippen LogP) is 3.89. The van der Waals surface area contributed by atoms with Crippen molar-refractivity contribution >= 4 is 27.3 Å². The van der Waals surface area contributed by atoms with Gasteiger partial charge in [-0.1, -0.05) is 54.1 Å². The van der Waals surface area contributed by atoms with Gasteiger partial charge in [-0.2, -0.15) is 0 Å². The van der Waals surface area contributed by atoms with E-state index in [9.17, 15) is 13.2 Å². The van der Waals surface area contributed by atoms with Gasteiger partial charge >= 0.3 is 0 Å². The maximum absolute atomic E-state index is 12.8. The summed E-state index contributed by atoms with van der Waals surface area (Å²) in [6.45, 7) is 2.72. The number of hydrogen-bond acceptors (Lipinski definition) is 4. The highest BCUT2D eigenvalue weighted by Gasteiger charge is 2.18. The van der Waals surface area contributed by atoms with E-state index in [1.165, 1.54) is 26.2 Å². The SMILES string of the molecule is Cc1ccc(N(CC(=O)Nc2cccc(S(=O)(=O)N(C)C)c2)Cc2ccccc2)cc1. The lowest BCUT2D eigenvalue weighted by molar-refractivity contribution is -0.115. The lowest BCUT2D eigenvalue weighted by Crippen LogP contribution is -2.33. The van der Waals surface area contributed by atoms with Crippen LogP contribution in [0.5, 0.6) is 0 Å². The Morgan fingerprint density at radius 3 is 2.23 bits per heavy atom. The molecule has 0 fully saturated rings. The number of rotatable bonds is 8. The lowest BCUT2D eigenvalue weighted by atomic mass is 10.1. The molecule has 0 aliphatic heterocycles. The van der Waals surface area contributed by atoms with E-state index >= 15 is 0 Å². The zero-order chi connectivity index (χ0) is 22.4. The molecule has 1 N–H and O–H groups in total. The van der Waals surface area contributed by atoms with Gasteiger partial charge in [-0.3, -0.25) is 4.79 Å². The summed E-state index contributed by atoms with van der Waals surface area (Å²) in [5.74, 6) is -0.226. The van der Waals surface area contributed by atoms with Crippen LogP contribution in [0.3, 0.4) is 0 Å². The van der Waals surface area contributed by atoms with E-state index in [4.69, 9.17) is 0 Å².